The zero-order valence-corrected chi connectivity index (χ0v) is 22.5. The lowest BCUT2D eigenvalue weighted by molar-refractivity contribution is -0.140. The normalized spacial score (nSPS) is 12.4. The molecule has 0 aliphatic rings. The summed E-state index contributed by atoms with van der Waals surface area (Å²) < 4.78 is 26.1. The number of carbonyl (C=O) groups is 2. The average molecular weight is 549 g/mol. The van der Waals surface area contributed by atoms with Crippen molar-refractivity contribution < 1.29 is 18.0 Å². The molecule has 186 valence electrons. The predicted molar refractivity (Wildman–Crippen MR) is 138 cm³/mol. The standard InChI is InChI=1S/C23H28Cl3N3O4S/c1-5-21(23(31)27-15(2)3)28(13-16-8-6-7-9-20(16)26)22(30)14-29(34(4,32)33)19-11-17(24)10-18(25)12-19/h6-12,15,21H,5,13-14H2,1-4H3,(H,27,31)/t21-/m0/s1. The third-order valence-corrected chi connectivity index (χ3v) is 6.88. The molecule has 34 heavy (non-hydrogen) atoms. The van der Waals surface area contributed by atoms with E-state index in [1.165, 1.54) is 23.1 Å². The zero-order valence-electron chi connectivity index (χ0n) is 19.4. The molecule has 0 bridgehead atoms. The van der Waals surface area contributed by atoms with Crippen LogP contribution in [0.25, 0.3) is 0 Å². The molecule has 0 saturated heterocycles. The summed E-state index contributed by atoms with van der Waals surface area (Å²) in [7, 11) is -3.89. The van der Waals surface area contributed by atoms with Crippen LogP contribution in [-0.4, -0.2) is 50.0 Å². The number of nitrogens with one attached hydrogen (secondary N) is 1. The van der Waals surface area contributed by atoms with Gasteiger partial charge in [0.15, 0.2) is 0 Å². The van der Waals surface area contributed by atoms with Crippen molar-refractivity contribution in [3.8, 4) is 0 Å². The van der Waals surface area contributed by atoms with Gasteiger partial charge in [0.25, 0.3) is 0 Å². The quantitative estimate of drug-likeness (QED) is 0.464. The van der Waals surface area contributed by atoms with Crippen LogP contribution in [0.2, 0.25) is 15.1 Å². The van der Waals surface area contributed by atoms with E-state index in [9.17, 15) is 18.0 Å². The third kappa shape index (κ3) is 7.77. The van der Waals surface area contributed by atoms with Gasteiger partial charge in [0.05, 0.1) is 11.9 Å². The molecular formula is C23H28Cl3N3O4S. The molecule has 0 aromatic heterocycles. The Morgan fingerprint density at radius 2 is 1.62 bits per heavy atom. The minimum absolute atomic E-state index is 0.0242. The van der Waals surface area contributed by atoms with Crippen molar-refractivity contribution in [1.82, 2.24) is 10.2 Å². The van der Waals surface area contributed by atoms with Crippen molar-refractivity contribution >= 4 is 62.3 Å². The van der Waals surface area contributed by atoms with Crippen LogP contribution in [0.1, 0.15) is 32.8 Å². The number of amides is 2. The summed E-state index contributed by atoms with van der Waals surface area (Å²) in [5, 5.41) is 3.70. The van der Waals surface area contributed by atoms with E-state index < -0.39 is 28.5 Å². The largest absolute Gasteiger partial charge is 0.352 e. The molecule has 1 atom stereocenters. The fourth-order valence-electron chi connectivity index (χ4n) is 3.41. The first-order valence-corrected chi connectivity index (χ1v) is 13.6. The summed E-state index contributed by atoms with van der Waals surface area (Å²) >= 11 is 18.4. The first-order valence-electron chi connectivity index (χ1n) is 10.6. The van der Waals surface area contributed by atoms with E-state index in [1.807, 2.05) is 13.8 Å². The number of anilines is 1. The Morgan fingerprint density at radius 1 is 1.03 bits per heavy atom. The molecular weight excluding hydrogens is 521 g/mol. The number of hydrogen-bond acceptors (Lipinski definition) is 4. The SMILES string of the molecule is CC[C@@H](C(=O)NC(C)C)N(Cc1ccccc1Cl)C(=O)CN(c1cc(Cl)cc(Cl)c1)S(C)(=O)=O. The van der Waals surface area contributed by atoms with Gasteiger partial charge < -0.3 is 10.2 Å². The van der Waals surface area contributed by atoms with Crippen LogP contribution < -0.4 is 9.62 Å². The first kappa shape index (κ1) is 28.2. The average Bonchev–Trinajstić information content (AvgIpc) is 2.70. The molecule has 2 aromatic rings. The van der Waals surface area contributed by atoms with E-state index in [0.717, 1.165) is 10.6 Å². The molecule has 0 heterocycles. The van der Waals surface area contributed by atoms with Crippen molar-refractivity contribution in [3.63, 3.8) is 0 Å². The smallest absolute Gasteiger partial charge is 0.244 e. The van der Waals surface area contributed by atoms with Gasteiger partial charge in [-0.05, 0) is 50.1 Å². The zero-order chi connectivity index (χ0) is 25.6. The van der Waals surface area contributed by atoms with Crippen LogP contribution in [-0.2, 0) is 26.2 Å². The lowest BCUT2D eigenvalue weighted by atomic mass is 10.1. The summed E-state index contributed by atoms with van der Waals surface area (Å²) in [6, 6.07) is 10.3. The van der Waals surface area contributed by atoms with Crippen molar-refractivity contribution in [2.45, 2.75) is 45.8 Å². The van der Waals surface area contributed by atoms with Crippen LogP contribution >= 0.6 is 34.8 Å². The predicted octanol–water partition coefficient (Wildman–Crippen LogP) is 4.74. The molecule has 0 radical (unpaired) electrons. The summed E-state index contributed by atoms with van der Waals surface area (Å²) in [5.74, 6) is -0.915. The Bertz CT molecular complexity index is 1120. The van der Waals surface area contributed by atoms with Gasteiger partial charge in [-0.25, -0.2) is 8.42 Å². The van der Waals surface area contributed by atoms with Gasteiger partial charge in [-0.3, -0.25) is 13.9 Å². The molecule has 0 unspecified atom stereocenters. The van der Waals surface area contributed by atoms with E-state index in [2.05, 4.69) is 5.32 Å². The Kier molecular flexibility index (Phi) is 10.1. The Hall–Kier alpha value is -2.00. The second-order valence-electron chi connectivity index (χ2n) is 8.10. The number of benzene rings is 2. The molecule has 2 aromatic carbocycles. The van der Waals surface area contributed by atoms with Crippen LogP contribution in [0.4, 0.5) is 5.69 Å². The van der Waals surface area contributed by atoms with Crippen molar-refractivity contribution in [3.05, 3.63) is 63.1 Å². The van der Waals surface area contributed by atoms with Crippen molar-refractivity contribution in [1.29, 1.82) is 0 Å². The van der Waals surface area contributed by atoms with Gasteiger partial charge in [0.2, 0.25) is 21.8 Å². The fraction of sp³-hybridized carbons (Fsp3) is 0.391. The first-order chi connectivity index (χ1) is 15.8. The van der Waals surface area contributed by atoms with Gasteiger partial charge >= 0.3 is 0 Å². The molecule has 2 amide bonds. The van der Waals surface area contributed by atoms with E-state index in [1.54, 1.807) is 31.2 Å². The second kappa shape index (κ2) is 12.1. The van der Waals surface area contributed by atoms with Gasteiger partial charge in [-0.2, -0.15) is 0 Å². The summed E-state index contributed by atoms with van der Waals surface area (Å²) in [4.78, 5) is 27.9. The number of sulfonamides is 1. The van der Waals surface area contributed by atoms with Crippen molar-refractivity contribution in [2.24, 2.45) is 0 Å². The molecule has 7 nitrogen and oxygen atoms in total. The monoisotopic (exact) mass is 547 g/mol. The van der Waals surface area contributed by atoms with Gasteiger partial charge in [-0.1, -0.05) is 59.9 Å². The van der Waals surface area contributed by atoms with Crippen LogP contribution in [0.15, 0.2) is 42.5 Å². The number of hydrogen-bond donors (Lipinski definition) is 1. The Labute approximate surface area is 216 Å². The number of halogens is 3. The summed E-state index contributed by atoms with van der Waals surface area (Å²) in [6.07, 6.45) is 1.30. The maximum absolute atomic E-state index is 13.6. The maximum atomic E-state index is 13.6. The van der Waals surface area contributed by atoms with Gasteiger partial charge in [0, 0.05) is 27.7 Å². The van der Waals surface area contributed by atoms with Crippen LogP contribution in [0, 0.1) is 0 Å². The molecule has 0 saturated carbocycles. The number of rotatable bonds is 10. The van der Waals surface area contributed by atoms with Gasteiger partial charge in [0.1, 0.15) is 12.6 Å². The fourth-order valence-corrected chi connectivity index (χ4v) is 4.95. The van der Waals surface area contributed by atoms with Crippen molar-refractivity contribution in [2.75, 3.05) is 17.1 Å². The van der Waals surface area contributed by atoms with Crippen LogP contribution in [0.3, 0.4) is 0 Å². The molecule has 0 fully saturated rings. The lowest BCUT2D eigenvalue weighted by Crippen LogP contribution is -2.53. The highest BCUT2D eigenvalue weighted by atomic mass is 35.5. The van der Waals surface area contributed by atoms with E-state index >= 15 is 0 Å². The highest BCUT2D eigenvalue weighted by molar-refractivity contribution is 7.92. The minimum atomic E-state index is -3.89. The Morgan fingerprint density at radius 3 is 2.12 bits per heavy atom. The second-order valence-corrected chi connectivity index (χ2v) is 11.3. The summed E-state index contributed by atoms with van der Waals surface area (Å²) in [6.45, 7) is 4.89. The minimum Gasteiger partial charge on any atom is -0.352 e. The maximum Gasteiger partial charge on any atom is 0.244 e. The highest BCUT2D eigenvalue weighted by Crippen LogP contribution is 2.28. The molecule has 2 rings (SSSR count). The van der Waals surface area contributed by atoms with Crippen LogP contribution in [0.5, 0.6) is 0 Å². The summed E-state index contributed by atoms with van der Waals surface area (Å²) in [5.41, 5.74) is 0.774. The molecule has 0 aliphatic heterocycles. The van der Waals surface area contributed by atoms with E-state index in [0.29, 0.717) is 17.0 Å². The highest BCUT2D eigenvalue weighted by Gasteiger charge is 2.32. The Balaban J connectivity index is 2.49. The number of carbonyl (C=O) groups excluding carboxylic acids is 2. The van der Waals surface area contributed by atoms with E-state index in [4.69, 9.17) is 34.8 Å². The molecule has 11 heteroatoms. The van der Waals surface area contributed by atoms with Gasteiger partial charge in [-0.15, -0.1) is 0 Å². The van der Waals surface area contributed by atoms with E-state index in [-0.39, 0.29) is 34.2 Å². The number of nitrogens with zero attached hydrogens (tertiary/aromatic N) is 2. The topological polar surface area (TPSA) is 86.8 Å². The molecule has 0 spiro atoms. The lowest BCUT2D eigenvalue weighted by Gasteiger charge is -2.33. The molecule has 0 aliphatic carbocycles. The third-order valence-electron chi connectivity index (χ3n) is 4.93. The molecule has 1 N–H and O–H groups in total.